The van der Waals surface area contributed by atoms with Crippen LogP contribution in [-0.2, 0) is 10.0 Å². The van der Waals surface area contributed by atoms with Crippen molar-refractivity contribution in [3.8, 4) is 11.3 Å². The summed E-state index contributed by atoms with van der Waals surface area (Å²) in [5.74, 6) is -1.06. The molecule has 1 fully saturated rings. The van der Waals surface area contributed by atoms with E-state index in [-0.39, 0.29) is 11.6 Å². The molecule has 0 bridgehead atoms. The second kappa shape index (κ2) is 6.29. The van der Waals surface area contributed by atoms with Crippen molar-refractivity contribution in [3.63, 3.8) is 0 Å². The van der Waals surface area contributed by atoms with Crippen molar-refractivity contribution in [1.29, 1.82) is 0 Å². The Bertz CT molecular complexity index is 882. The lowest BCUT2D eigenvalue weighted by atomic mass is 10.0. The zero-order chi connectivity index (χ0) is 17.3. The molecule has 1 saturated heterocycles. The molecular weight excluding hydrogens is 330 g/mol. The van der Waals surface area contributed by atoms with Gasteiger partial charge in [0.2, 0.25) is 10.0 Å². The Balaban J connectivity index is 1.98. The minimum atomic E-state index is -3.27. The largest absolute Gasteiger partial charge is 0.478 e. The average Bonchev–Trinajstić information content (AvgIpc) is 3.05. The minimum absolute atomic E-state index is 0.0818. The molecule has 0 unspecified atom stereocenters. The zero-order valence-electron chi connectivity index (χ0n) is 13.1. The van der Waals surface area contributed by atoms with Crippen molar-refractivity contribution < 1.29 is 18.3 Å². The lowest BCUT2D eigenvalue weighted by Gasteiger charge is -2.22. The van der Waals surface area contributed by atoms with E-state index in [1.54, 1.807) is 24.5 Å². The highest BCUT2D eigenvalue weighted by Gasteiger charge is 2.32. The molecule has 3 heterocycles. The number of hydrogen-bond acceptors (Lipinski definition) is 5. The minimum Gasteiger partial charge on any atom is -0.478 e. The molecule has 1 aliphatic heterocycles. The van der Waals surface area contributed by atoms with E-state index in [0.29, 0.717) is 17.8 Å². The molecule has 0 spiro atoms. The maximum Gasteiger partial charge on any atom is 0.337 e. The molecule has 2 aromatic rings. The van der Waals surface area contributed by atoms with Crippen LogP contribution in [0.4, 0.5) is 0 Å². The molecule has 2 aromatic heterocycles. The molecule has 0 aromatic carbocycles. The highest BCUT2D eigenvalue weighted by atomic mass is 32.2. The van der Waals surface area contributed by atoms with Crippen molar-refractivity contribution in [1.82, 2.24) is 14.3 Å². The van der Waals surface area contributed by atoms with Gasteiger partial charge in [0.05, 0.1) is 17.5 Å². The normalized spacial score (nSPS) is 18.6. The first-order valence-electron chi connectivity index (χ1n) is 7.48. The number of aromatic nitrogens is 2. The highest BCUT2D eigenvalue weighted by molar-refractivity contribution is 7.88. The number of carbonyl (C=O) groups is 1. The molecule has 0 amide bonds. The molecule has 0 saturated carbocycles. The predicted octanol–water partition coefficient (Wildman–Crippen LogP) is 1.94. The van der Waals surface area contributed by atoms with Gasteiger partial charge in [-0.15, -0.1) is 0 Å². The second-order valence-corrected chi connectivity index (χ2v) is 7.71. The summed E-state index contributed by atoms with van der Waals surface area (Å²) in [6.07, 6.45) is 7.21. The van der Waals surface area contributed by atoms with Gasteiger partial charge in [-0.25, -0.2) is 13.2 Å². The molecule has 3 rings (SSSR count). The third kappa shape index (κ3) is 3.29. The van der Waals surface area contributed by atoms with E-state index in [2.05, 4.69) is 9.97 Å². The van der Waals surface area contributed by atoms with Crippen LogP contribution in [0.2, 0.25) is 0 Å². The van der Waals surface area contributed by atoms with Crippen LogP contribution in [0.15, 0.2) is 36.8 Å². The van der Waals surface area contributed by atoms with Gasteiger partial charge in [0.15, 0.2) is 0 Å². The van der Waals surface area contributed by atoms with Crippen LogP contribution in [0.25, 0.3) is 11.3 Å². The SMILES string of the molecule is CS(=O)(=O)N1CCC[C@H]1c1ccnc(-c2cncc(C(=O)O)c2)c1. The van der Waals surface area contributed by atoms with Gasteiger partial charge < -0.3 is 5.11 Å². The van der Waals surface area contributed by atoms with Crippen molar-refractivity contribution in [3.05, 3.63) is 47.9 Å². The number of nitrogens with zero attached hydrogens (tertiary/aromatic N) is 3. The van der Waals surface area contributed by atoms with Crippen LogP contribution in [0.3, 0.4) is 0 Å². The number of rotatable bonds is 4. The number of sulfonamides is 1. The summed E-state index contributed by atoms with van der Waals surface area (Å²) in [6.45, 7) is 0.511. The first-order valence-corrected chi connectivity index (χ1v) is 9.32. The lowest BCUT2D eigenvalue weighted by molar-refractivity contribution is 0.0696. The first-order chi connectivity index (χ1) is 11.4. The van der Waals surface area contributed by atoms with Crippen molar-refractivity contribution in [2.24, 2.45) is 0 Å². The number of carboxylic acid groups (broad SMARTS) is 1. The summed E-state index contributed by atoms with van der Waals surface area (Å²) in [6, 6.07) is 4.89. The van der Waals surface area contributed by atoms with Crippen LogP contribution in [-0.4, -0.2) is 46.6 Å². The molecule has 24 heavy (non-hydrogen) atoms. The smallest absolute Gasteiger partial charge is 0.337 e. The quantitative estimate of drug-likeness (QED) is 0.907. The summed E-state index contributed by atoms with van der Waals surface area (Å²) in [7, 11) is -3.27. The van der Waals surface area contributed by atoms with Gasteiger partial charge in [-0.05, 0) is 36.6 Å². The monoisotopic (exact) mass is 347 g/mol. The van der Waals surface area contributed by atoms with Crippen LogP contribution in [0.1, 0.15) is 34.8 Å². The van der Waals surface area contributed by atoms with Crippen molar-refractivity contribution in [2.45, 2.75) is 18.9 Å². The summed E-state index contributed by atoms with van der Waals surface area (Å²) in [4.78, 5) is 19.3. The topological polar surface area (TPSA) is 100 Å². The van der Waals surface area contributed by atoms with Gasteiger partial charge in [0.25, 0.3) is 0 Å². The molecule has 1 aliphatic rings. The second-order valence-electron chi connectivity index (χ2n) is 5.77. The van der Waals surface area contributed by atoms with Gasteiger partial charge in [-0.3, -0.25) is 9.97 Å². The number of pyridine rings is 2. The molecule has 1 atom stereocenters. The van der Waals surface area contributed by atoms with E-state index in [1.165, 1.54) is 22.8 Å². The van der Waals surface area contributed by atoms with Gasteiger partial charge in [0, 0.05) is 36.7 Å². The van der Waals surface area contributed by atoms with Gasteiger partial charge >= 0.3 is 5.97 Å². The fraction of sp³-hybridized carbons (Fsp3) is 0.312. The molecule has 126 valence electrons. The maximum absolute atomic E-state index is 11.9. The number of carboxylic acids is 1. The third-order valence-corrected chi connectivity index (χ3v) is 5.37. The summed E-state index contributed by atoms with van der Waals surface area (Å²) in [5, 5.41) is 9.07. The van der Waals surface area contributed by atoms with Crippen LogP contribution < -0.4 is 0 Å². The van der Waals surface area contributed by atoms with Crippen LogP contribution in [0.5, 0.6) is 0 Å². The zero-order valence-corrected chi connectivity index (χ0v) is 13.9. The maximum atomic E-state index is 11.9. The lowest BCUT2D eigenvalue weighted by Crippen LogP contribution is -2.29. The van der Waals surface area contributed by atoms with Gasteiger partial charge in [-0.1, -0.05) is 0 Å². The van der Waals surface area contributed by atoms with E-state index in [4.69, 9.17) is 5.11 Å². The van der Waals surface area contributed by atoms with Crippen LogP contribution in [0, 0.1) is 0 Å². The Labute approximate surface area is 140 Å². The van der Waals surface area contributed by atoms with Gasteiger partial charge in [-0.2, -0.15) is 4.31 Å². The summed E-state index contributed by atoms with van der Waals surface area (Å²) in [5.41, 5.74) is 2.09. The average molecular weight is 347 g/mol. The first kappa shape index (κ1) is 16.5. The van der Waals surface area contributed by atoms with Crippen LogP contribution >= 0.6 is 0 Å². The predicted molar refractivity (Wildman–Crippen MR) is 88.0 cm³/mol. The van der Waals surface area contributed by atoms with Gasteiger partial charge in [0.1, 0.15) is 0 Å². The highest BCUT2D eigenvalue weighted by Crippen LogP contribution is 2.34. The Morgan fingerprint density at radius 3 is 2.83 bits per heavy atom. The fourth-order valence-corrected chi connectivity index (χ4v) is 4.13. The molecule has 1 N–H and O–H groups in total. The summed E-state index contributed by atoms with van der Waals surface area (Å²) >= 11 is 0. The molecule has 0 aliphatic carbocycles. The molecular formula is C16H17N3O4S. The molecule has 7 nitrogen and oxygen atoms in total. The number of aromatic carboxylic acids is 1. The Kier molecular flexibility index (Phi) is 4.33. The van der Waals surface area contributed by atoms with E-state index in [9.17, 15) is 13.2 Å². The number of hydrogen-bond donors (Lipinski definition) is 1. The standard InChI is InChI=1S/C16H17N3O4S/c1-24(22,23)19-6-2-3-15(19)11-4-5-18-14(8-11)12-7-13(16(20)21)10-17-9-12/h4-5,7-10,15H,2-3,6H2,1H3,(H,20,21)/t15-/m0/s1. The Hall–Kier alpha value is -2.32. The van der Waals surface area contributed by atoms with E-state index >= 15 is 0 Å². The Morgan fingerprint density at radius 1 is 1.33 bits per heavy atom. The van der Waals surface area contributed by atoms with E-state index in [1.807, 2.05) is 0 Å². The van der Waals surface area contributed by atoms with Crippen molar-refractivity contribution in [2.75, 3.05) is 12.8 Å². The molecule has 8 heteroatoms. The summed E-state index contributed by atoms with van der Waals surface area (Å²) < 4.78 is 25.4. The Morgan fingerprint density at radius 2 is 2.12 bits per heavy atom. The fourth-order valence-electron chi connectivity index (χ4n) is 2.98. The van der Waals surface area contributed by atoms with Crippen molar-refractivity contribution >= 4 is 16.0 Å². The third-order valence-electron chi connectivity index (χ3n) is 4.08. The molecule has 0 radical (unpaired) electrons. The van der Waals surface area contributed by atoms with E-state index in [0.717, 1.165) is 18.4 Å². The van der Waals surface area contributed by atoms with E-state index < -0.39 is 16.0 Å².